The van der Waals surface area contributed by atoms with Gasteiger partial charge in [0.15, 0.2) is 0 Å². The fourth-order valence-electron chi connectivity index (χ4n) is 4.44. The summed E-state index contributed by atoms with van der Waals surface area (Å²) in [7, 11) is 1.54. The monoisotopic (exact) mass is 465 g/mol. The Morgan fingerprint density at radius 1 is 1.06 bits per heavy atom. The zero-order chi connectivity index (χ0) is 24.1. The Hall–Kier alpha value is -2.84. The molecule has 2 heterocycles. The van der Waals surface area contributed by atoms with Crippen LogP contribution < -0.4 is 4.90 Å². The number of rotatable bonds is 5. The third-order valence-electron chi connectivity index (χ3n) is 6.58. The highest BCUT2D eigenvalue weighted by atomic mass is 16.5. The van der Waals surface area contributed by atoms with Gasteiger partial charge in [0.1, 0.15) is 12.4 Å². The molecule has 1 aliphatic carbocycles. The molecule has 0 radical (unpaired) electrons. The summed E-state index contributed by atoms with van der Waals surface area (Å²) in [4.78, 5) is 41.5. The van der Waals surface area contributed by atoms with Gasteiger partial charge >= 0.3 is 0 Å². The van der Waals surface area contributed by atoms with Crippen molar-refractivity contribution in [2.45, 2.75) is 51.6 Å². The van der Waals surface area contributed by atoms with Crippen LogP contribution in [0.2, 0.25) is 0 Å². The van der Waals surface area contributed by atoms with Crippen LogP contribution in [0.3, 0.4) is 0 Å². The standard InChI is InChI=1S/C26H35N5O3/c1-19(2)29-11-6-12-31(24(32)18-34-3)23-8-5-4-7-21(23)17-30(14-13-29)26(33)22-15-27-25(28-16-22)20-9-10-20/h4-5,7-8,15-16,19-20H,6,9-14,17-18H2,1-3H3. The van der Waals surface area contributed by atoms with E-state index in [2.05, 4.69) is 28.7 Å². The average Bonchev–Trinajstić information content (AvgIpc) is 3.68. The number of para-hydroxylation sites is 1. The number of carbonyl (C=O) groups is 2. The molecule has 0 saturated heterocycles. The van der Waals surface area contributed by atoms with E-state index in [1.807, 2.05) is 29.2 Å². The quantitative estimate of drug-likeness (QED) is 0.675. The van der Waals surface area contributed by atoms with Crippen molar-refractivity contribution in [2.75, 3.05) is 44.8 Å². The van der Waals surface area contributed by atoms with Gasteiger partial charge in [0.2, 0.25) is 0 Å². The van der Waals surface area contributed by atoms with Crippen LogP contribution >= 0.6 is 0 Å². The van der Waals surface area contributed by atoms with E-state index in [1.165, 1.54) is 7.11 Å². The number of hydrogen-bond acceptors (Lipinski definition) is 6. The molecule has 0 N–H and O–H groups in total. The van der Waals surface area contributed by atoms with Crippen LogP contribution in [-0.2, 0) is 16.1 Å². The highest BCUT2D eigenvalue weighted by Gasteiger charge is 2.28. The van der Waals surface area contributed by atoms with E-state index < -0.39 is 0 Å². The predicted molar refractivity (Wildman–Crippen MR) is 131 cm³/mol. The summed E-state index contributed by atoms with van der Waals surface area (Å²) >= 11 is 0. The lowest BCUT2D eigenvalue weighted by molar-refractivity contribution is -0.122. The lowest BCUT2D eigenvalue weighted by Gasteiger charge is -2.30. The first-order valence-electron chi connectivity index (χ1n) is 12.2. The summed E-state index contributed by atoms with van der Waals surface area (Å²) in [6.07, 6.45) is 6.41. The molecule has 2 aromatic rings. The van der Waals surface area contributed by atoms with E-state index in [-0.39, 0.29) is 18.4 Å². The number of nitrogens with zero attached hydrogens (tertiary/aromatic N) is 5. The third kappa shape index (κ3) is 5.80. The Labute approximate surface area is 201 Å². The van der Waals surface area contributed by atoms with E-state index in [9.17, 15) is 9.59 Å². The molecule has 1 fully saturated rings. The normalized spacial score (nSPS) is 17.9. The topological polar surface area (TPSA) is 78.9 Å². The number of ether oxygens (including phenoxy) is 1. The largest absolute Gasteiger partial charge is 0.375 e. The van der Waals surface area contributed by atoms with Gasteiger partial charge in [-0.3, -0.25) is 14.5 Å². The second-order valence-electron chi connectivity index (χ2n) is 9.42. The Kier molecular flexibility index (Phi) is 7.90. The van der Waals surface area contributed by atoms with Crippen LogP contribution in [-0.4, -0.2) is 77.5 Å². The van der Waals surface area contributed by atoms with Crippen LogP contribution in [0.1, 0.15) is 60.8 Å². The summed E-state index contributed by atoms with van der Waals surface area (Å²) in [5.41, 5.74) is 2.27. The van der Waals surface area contributed by atoms with E-state index in [1.54, 1.807) is 17.3 Å². The van der Waals surface area contributed by atoms with Crippen molar-refractivity contribution in [1.29, 1.82) is 0 Å². The van der Waals surface area contributed by atoms with E-state index >= 15 is 0 Å². The van der Waals surface area contributed by atoms with Gasteiger partial charge in [-0.05, 0) is 44.7 Å². The van der Waals surface area contributed by atoms with Gasteiger partial charge in [-0.2, -0.15) is 0 Å². The van der Waals surface area contributed by atoms with Gasteiger partial charge in [0, 0.05) is 69.9 Å². The highest BCUT2D eigenvalue weighted by molar-refractivity contribution is 5.96. The molecule has 8 nitrogen and oxygen atoms in total. The molecule has 182 valence electrons. The molecular weight excluding hydrogens is 430 g/mol. The minimum absolute atomic E-state index is 0.0234. The molecule has 8 heteroatoms. The van der Waals surface area contributed by atoms with Crippen molar-refractivity contribution in [3.05, 3.63) is 53.6 Å². The van der Waals surface area contributed by atoms with Crippen molar-refractivity contribution < 1.29 is 14.3 Å². The molecule has 2 amide bonds. The first kappa shape index (κ1) is 24.3. The van der Waals surface area contributed by atoms with Crippen molar-refractivity contribution in [1.82, 2.24) is 19.8 Å². The first-order valence-corrected chi connectivity index (χ1v) is 12.2. The minimum atomic E-state index is -0.0881. The zero-order valence-electron chi connectivity index (χ0n) is 20.4. The maximum Gasteiger partial charge on any atom is 0.257 e. The van der Waals surface area contributed by atoms with Gasteiger partial charge in [-0.25, -0.2) is 9.97 Å². The van der Waals surface area contributed by atoms with Crippen LogP contribution in [0.15, 0.2) is 36.7 Å². The maximum absolute atomic E-state index is 13.6. The van der Waals surface area contributed by atoms with Crippen LogP contribution in [0.25, 0.3) is 0 Å². The molecule has 34 heavy (non-hydrogen) atoms. The van der Waals surface area contributed by atoms with Gasteiger partial charge in [0.05, 0.1) is 5.56 Å². The molecule has 1 saturated carbocycles. The zero-order valence-corrected chi connectivity index (χ0v) is 20.4. The molecule has 0 atom stereocenters. The molecule has 2 aliphatic rings. The molecule has 0 bridgehead atoms. The number of anilines is 1. The van der Waals surface area contributed by atoms with Crippen LogP contribution in [0.4, 0.5) is 5.69 Å². The van der Waals surface area contributed by atoms with Gasteiger partial charge in [-0.1, -0.05) is 18.2 Å². The number of fused-ring (bicyclic) bond motifs is 1. The number of amides is 2. The Balaban J connectivity index is 1.65. The average molecular weight is 466 g/mol. The highest BCUT2D eigenvalue weighted by Crippen LogP contribution is 2.37. The number of hydrogen-bond donors (Lipinski definition) is 0. The summed E-state index contributed by atoms with van der Waals surface area (Å²) in [6.45, 7) is 7.56. The van der Waals surface area contributed by atoms with Crippen LogP contribution in [0.5, 0.6) is 0 Å². The first-order chi connectivity index (χ1) is 16.5. The summed E-state index contributed by atoms with van der Waals surface area (Å²) in [5.74, 6) is 1.11. The van der Waals surface area contributed by atoms with Gasteiger partial charge in [0.25, 0.3) is 11.8 Å². The second-order valence-corrected chi connectivity index (χ2v) is 9.42. The fourth-order valence-corrected chi connectivity index (χ4v) is 4.44. The lowest BCUT2D eigenvalue weighted by atomic mass is 10.1. The number of methoxy groups -OCH3 is 1. The predicted octanol–water partition coefficient (Wildman–Crippen LogP) is 3.09. The number of benzene rings is 1. The molecule has 1 aliphatic heterocycles. The van der Waals surface area contributed by atoms with Crippen molar-refractivity contribution >= 4 is 17.5 Å². The van der Waals surface area contributed by atoms with E-state index in [0.29, 0.717) is 37.2 Å². The molecule has 0 unspecified atom stereocenters. The number of aromatic nitrogens is 2. The molecular formula is C26H35N5O3. The smallest absolute Gasteiger partial charge is 0.257 e. The van der Waals surface area contributed by atoms with Gasteiger partial charge in [-0.15, -0.1) is 0 Å². The molecule has 1 aromatic carbocycles. The van der Waals surface area contributed by atoms with Crippen molar-refractivity contribution in [3.8, 4) is 0 Å². The summed E-state index contributed by atoms with van der Waals surface area (Å²) < 4.78 is 5.15. The second kappa shape index (κ2) is 11.1. The summed E-state index contributed by atoms with van der Waals surface area (Å²) in [6, 6.07) is 8.17. The van der Waals surface area contributed by atoms with Crippen molar-refractivity contribution in [2.24, 2.45) is 0 Å². The van der Waals surface area contributed by atoms with Crippen molar-refractivity contribution in [3.63, 3.8) is 0 Å². The maximum atomic E-state index is 13.6. The van der Waals surface area contributed by atoms with Gasteiger partial charge < -0.3 is 14.5 Å². The Morgan fingerprint density at radius 2 is 1.79 bits per heavy atom. The molecule has 1 aromatic heterocycles. The fraction of sp³-hybridized carbons (Fsp3) is 0.538. The van der Waals surface area contributed by atoms with E-state index in [4.69, 9.17) is 4.74 Å². The molecule has 0 spiro atoms. The molecule has 4 rings (SSSR count). The Morgan fingerprint density at radius 3 is 2.47 bits per heavy atom. The Bertz CT molecular complexity index is 990. The van der Waals surface area contributed by atoms with E-state index in [0.717, 1.165) is 49.4 Å². The third-order valence-corrected chi connectivity index (χ3v) is 6.58. The minimum Gasteiger partial charge on any atom is -0.375 e. The lowest BCUT2D eigenvalue weighted by Crippen LogP contribution is -2.41. The van der Waals surface area contributed by atoms with Crippen LogP contribution in [0, 0.1) is 0 Å². The summed E-state index contributed by atoms with van der Waals surface area (Å²) in [5, 5.41) is 0. The SMILES string of the molecule is COCC(=O)N1CCCN(C(C)C)CCN(C(=O)c2cnc(C3CC3)nc2)Cc2ccccc21. The number of carbonyl (C=O) groups excluding carboxylic acids is 2.